The predicted molar refractivity (Wildman–Crippen MR) is 66.2 cm³/mol. The van der Waals surface area contributed by atoms with Crippen LogP contribution in [0.15, 0.2) is 12.7 Å². The molecule has 0 spiro atoms. The Kier molecular flexibility index (Phi) is 4.72. The van der Waals surface area contributed by atoms with Crippen LogP contribution >= 0.6 is 0 Å². The Hall–Kier alpha value is -1.56. The number of nitrogens with zero attached hydrogens (tertiary/aromatic N) is 2. The van der Waals surface area contributed by atoms with Crippen molar-refractivity contribution in [3.8, 4) is 0 Å². The summed E-state index contributed by atoms with van der Waals surface area (Å²) >= 11 is 0. The minimum absolute atomic E-state index is 0.156. The minimum atomic E-state index is -1.15. The molecule has 102 valence electrons. The number of carboxylic acid groups (broad SMARTS) is 1. The highest BCUT2D eigenvalue weighted by Gasteiger charge is 2.46. The molecule has 2 amide bonds. The summed E-state index contributed by atoms with van der Waals surface area (Å²) < 4.78 is 0. The molecule has 1 aliphatic heterocycles. The molecule has 0 saturated carbocycles. The van der Waals surface area contributed by atoms with Gasteiger partial charge in [0.1, 0.15) is 5.54 Å². The van der Waals surface area contributed by atoms with Crippen molar-refractivity contribution in [2.75, 3.05) is 26.2 Å². The van der Waals surface area contributed by atoms with Crippen molar-refractivity contribution in [3.63, 3.8) is 0 Å². The molecule has 6 heteroatoms. The molecule has 6 nitrogen and oxygen atoms in total. The molecule has 0 aromatic rings. The fourth-order valence-electron chi connectivity index (χ4n) is 2.20. The number of carbonyl (C=O) groups is 2. The van der Waals surface area contributed by atoms with Crippen LogP contribution in [0.5, 0.6) is 0 Å². The van der Waals surface area contributed by atoms with E-state index in [9.17, 15) is 14.7 Å². The number of aliphatic hydroxyl groups is 1. The van der Waals surface area contributed by atoms with Crippen molar-refractivity contribution in [1.82, 2.24) is 9.80 Å². The zero-order valence-electron chi connectivity index (χ0n) is 10.6. The first-order chi connectivity index (χ1) is 8.47. The Morgan fingerprint density at radius 3 is 2.72 bits per heavy atom. The molecule has 1 fully saturated rings. The third kappa shape index (κ3) is 2.64. The van der Waals surface area contributed by atoms with E-state index >= 15 is 0 Å². The van der Waals surface area contributed by atoms with E-state index in [1.165, 1.54) is 9.80 Å². The van der Waals surface area contributed by atoms with E-state index in [1.807, 2.05) is 0 Å². The van der Waals surface area contributed by atoms with Gasteiger partial charge < -0.3 is 20.0 Å². The molecule has 1 saturated heterocycles. The Bertz CT molecular complexity index is 345. The van der Waals surface area contributed by atoms with Crippen LogP contribution in [0.3, 0.4) is 0 Å². The lowest BCUT2D eigenvalue weighted by Crippen LogP contribution is -2.55. The highest BCUT2D eigenvalue weighted by atomic mass is 16.4. The van der Waals surface area contributed by atoms with Gasteiger partial charge in [-0.3, -0.25) is 0 Å². The fourth-order valence-corrected chi connectivity index (χ4v) is 2.20. The third-order valence-electron chi connectivity index (χ3n) is 3.32. The van der Waals surface area contributed by atoms with Gasteiger partial charge in [0.2, 0.25) is 0 Å². The second-order valence-corrected chi connectivity index (χ2v) is 4.58. The highest BCUT2D eigenvalue weighted by molar-refractivity contribution is 5.86. The first-order valence-electron chi connectivity index (χ1n) is 5.99. The number of rotatable bonds is 5. The van der Waals surface area contributed by atoms with Crippen molar-refractivity contribution < 1.29 is 19.8 Å². The Balaban J connectivity index is 2.86. The van der Waals surface area contributed by atoms with Crippen molar-refractivity contribution in [1.29, 1.82) is 0 Å². The Morgan fingerprint density at radius 2 is 2.22 bits per heavy atom. The molecular weight excluding hydrogens is 236 g/mol. The van der Waals surface area contributed by atoms with E-state index in [0.29, 0.717) is 25.9 Å². The van der Waals surface area contributed by atoms with Gasteiger partial charge in [0.05, 0.1) is 6.61 Å². The number of likely N-dealkylation sites (tertiary alicyclic amines) is 1. The van der Waals surface area contributed by atoms with Gasteiger partial charge in [0, 0.05) is 19.6 Å². The number of carboxylic acids is 1. The zero-order valence-corrected chi connectivity index (χ0v) is 10.6. The first kappa shape index (κ1) is 14.5. The predicted octanol–water partition coefficient (Wildman–Crippen LogP) is 0.526. The molecule has 2 N–H and O–H groups in total. The number of amides is 2. The zero-order chi connectivity index (χ0) is 13.8. The van der Waals surface area contributed by atoms with Gasteiger partial charge in [-0.1, -0.05) is 6.08 Å². The molecule has 1 atom stereocenters. The van der Waals surface area contributed by atoms with Crippen LogP contribution < -0.4 is 0 Å². The monoisotopic (exact) mass is 256 g/mol. The topological polar surface area (TPSA) is 81.1 Å². The molecular formula is C12H20N2O4. The van der Waals surface area contributed by atoms with E-state index in [2.05, 4.69) is 6.58 Å². The molecule has 0 radical (unpaired) electrons. The summed E-state index contributed by atoms with van der Waals surface area (Å²) in [4.78, 5) is 26.3. The normalized spacial score (nSPS) is 22.9. The molecule has 0 aromatic heterocycles. The largest absolute Gasteiger partial charge is 0.480 e. The maximum atomic E-state index is 12.3. The number of aliphatic hydroxyl groups excluding tert-OH is 1. The number of hydrogen-bond acceptors (Lipinski definition) is 3. The maximum absolute atomic E-state index is 12.3. The third-order valence-corrected chi connectivity index (χ3v) is 3.32. The maximum Gasteiger partial charge on any atom is 0.329 e. The summed E-state index contributed by atoms with van der Waals surface area (Å²) in [6, 6.07) is -0.355. The summed E-state index contributed by atoms with van der Waals surface area (Å²) in [6.45, 7) is 5.86. The molecule has 1 heterocycles. The number of hydrogen-bond donors (Lipinski definition) is 2. The summed E-state index contributed by atoms with van der Waals surface area (Å²) in [5.74, 6) is -0.990. The molecule has 1 unspecified atom stereocenters. The van der Waals surface area contributed by atoms with Crippen molar-refractivity contribution >= 4 is 12.0 Å². The van der Waals surface area contributed by atoms with Crippen LogP contribution in [0, 0.1) is 0 Å². The summed E-state index contributed by atoms with van der Waals surface area (Å²) in [5, 5.41) is 18.2. The quantitative estimate of drug-likeness (QED) is 0.703. The standard InChI is InChI=1S/C12H20N2O4/c1-3-6-13(8-9-15)11(18)14-7-4-5-12(14,2)10(16)17/h3,15H,1,4-9H2,2H3,(H,16,17). The van der Waals surface area contributed by atoms with Crippen LogP contribution in [0.25, 0.3) is 0 Å². The van der Waals surface area contributed by atoms with Crippen LogP contribution in [0.2, 0.25) is 0 Å². The van der Waals surface area contributed by atoms with Crippen molar-refractivity contribution in [2.45, 2.75) is 25.3 Å². The van der Waals surface area contributed by atoms with E-state index in [-0.39, 0.29) is 19.2 Å². The van der Waals surface area contributed by atoms with Gasteiger partial charge in [-0.05, 0) is 19.8 Å². The lowest BCUT2D eigenvalue weighted by molar-refractivity contribution is -0.147. The Labute approximate surface area is 106 Å². The Morgan fingerprint density at radius 1 is 1.56 bits per heavy atom. The SMILES string of the molecule is C=CCN(CCO)C(=O)N1CCCC1(C)C(=O)O. The van der Waals surface area contributed by atoms with Crippen molar-refractivity contribution in [3.05, 3.63) is 12.7 Å². The van der Waals surface area contributed by atoms with Crippen LogP contribution in [0.4, 0.5) is 4.79 Å². The molecule has 0 aliphatic carbocycles. The first-order valence-corrected chi connectivity index (χ1v) is 5.99. The van der Waals surface area contributed by atoms with Crippen LogP contribution in [-0.2, 0) is 4.79 Å². The smallest absolute Gasteiger partial charge is 0.329 e. The second-order valence-electron chi connectivity index (χ2n) is 4.58. The molecule has 0 bridgehead atoms. The lowest BCUT2D eigenvalue weighted by Gasteiger charge is -2.35. The van der Waals surface area contributed by atoms with E-state index in [1.54, 1.807) is 13.0 Å². The molecule has 1 rings (SSSR count). The van der Waals surface area contributed by atoms with Gasteiger partial charge in [-0.25, -0.2) is 9.59 Å². The van der Waals surface area contributed by atoms with E-state index in [4.69, 9.17) is 5.11 Å². The van der Waals surface area contributed by atoms with Gasteiger partial charge in [0.25, 0.3) is 0 Å². The average molecular weight is 256 g/mol. The lowest BCUT2D eigenvalue weighted by atomic mass is 10.00. The van der Waals surface area contributed by atoms with Crippen LogP contribution in [0.1, 0.15) is 19.8 Å². The van der Waals surface area contributed by atoms with E-state index in [0.717, 1.165) is 0 Å². The highest BCUT2D eigenvalue weighted by Crippen LogP contribution is 2.30. The second kappa shape index (κ2) is 5.86. The summed E-state index contributed by atoms with van der Waals surface area (Å²) in [5.41, 5.74) is -1.15. The van der Waals surface area contributed by atoms with Crippen molar-refractivity contribution in [2.24, 2.45) is 0 Å². The molecule has 1 aliphatic rings. The minimum Gasteiger partial charge on any atom is -0.480 e. The average Bonchev–Trinajstić information content (AvgIpc) is 2.71. The number of aliphatic carboxylic acids is 1. The van der Waals surface area contributed by atoms with Gasteiger partial charge >= 0.3 is 12.0 Å². The molecule has 0 aromatic carbocycles. The number of carbonyl (C=O) groups excluding carboxylic acids is 1. The fraction of sp³-hybridized carbons (Fsp3) is 0.667. The van der Waals surface area contributed by atoms with Gasteiger partial charge in [-0.2, -0.15) is 0 Å². The number of urea groups is 1. The molecule has 18 heavy (non-hydrogen) atoms. The summed E-state index contributed by atoms with van der Waals surface area (Å²) in [7, 11) is 0. The van der Waals surface area contributed by atoms with Crippen LogP contribution in [-0.4, -0.2) is 63.8 Å². The van der Waals surface area contributed by atoms with Gasteiger partial charge in [-0.15, -0.1) is 6.58 Å². The van der Waals surface area contributed by atoms with E-state index < -0.39 is 11.5 Å². The summed E-state index contributed by atoms with van der Waals surface area (Å²) in [6.07, 6.45) is 2.69. The van der Waals surface area contributed by atoms with Gasteiger partial charge in [0.15, 0.2) is 0 Å².